The fourth-order valence-corrected chi connectivity index (χ4v) is 1.91. The van der Waals surface area contributed by atoms with Crippen LogP contribution in [0.5, 0.6) is 0 Å². The van der Waals surface area contributed by atoms with Gasteiger partial charge in [-0.15, -0.1) is 0 Å². The van der Waals surface area contributed by atoms with Crippen LogP contribution in [0.4, 0.5) is 0 Å². The molecule has 1 aliphatic heterocycles. The molecule has 0 aromatic rings. The summed E-state index contributed by atoms with van der Waals surface area (Å²) in [6, 6.07) is 0. The van der Waals surface area contributed by atoms with Crippen molar-refractivity contribution in [2.24, 2.45) is 5.92 Å². The third kappa shape index (κ3) is 1.62. The highest BCUT2D eigenvalue weighted by Crippen LogP contribution is 2.25. The molecule has 0 saturated heterocycles. The number of ether oxygens (including phenoxy) is 1. The first-order valence-electron chi connectivity index (χ1n) is 4.81. The molecule has 1 saturated carbocycles. The average molecular weight is 192 g/mol. The Balaban J connectivity index is 2.21. The lowest BCUT2D eigenvalue weighted by molar-refractivity contribution is -0.134. The van der Waals surface area contributed by atoms with Gasteiger partial charge in [-0.05, 0) is 18.1 Å². The Labute approximate surface area is 82.4 Å². The molecular formula is C11H12O3. The third-order valence-electron chi connectivity index (χ3n) is 2.60. The van der Waals surface area contributed by atoms with E-state index in [0.29, 0.717) is 25.9 Å². The fraction of sp³-hybridized carbons (Fsp3) is 0.455. The molecule has 2 rings (SSSR count). The van der Waals surface area contributed by atoms with Crippen molar-refractivity contribution in [1.82, 2.24) is 0 Å². The van der Waals surface area contributed by atoms with E-state index >= 15 is 0 Å². The van der Waals surface area contributed by atoms with Crippen molar-refractivity contribution in [3.05, 3.63) is 24.0 Å². The predicted molar refractivity (Wildman–Crippen MR) is 50.5 cm³/mol. The normalized spacial score (nSPS) is 23.3. The predicted octanol–water partition coefficient (Wildman–Crippen LogP) is 1.40. The number of hydrogen-bond donors (Lipinski definition) is 0. The zero-order valence-electron chi connectivity index (χ0n) is 7.86. The van der Waals surface area contributed by atoms with Crippen LogP contribution in [-0.2, 0) is 14.3 Å². The van der Waals surface area contributed by atoms with E-state index in [1.807, 2.05) is 6.08 Å². The Morgan fingerprint density at radius 3 is 2.50 bits per heavy atom. The van der Waals surface area contributed by atoms with E-state index in [9.17, 15) is 9.59 Å². The number of Topliss-reactive ketones (excluding diaryl/α,β-unsaturated/α-hetero) is 2. The van der Waals surface area contributed by atoms with Gasteiger partial charge in [0.05, 0.1) is 6.26 Å². The van der Waals surface area contributed by atoms with Crippen molar-refractivity contribution in [1.29, 1.82) is 0 Å². The lowest BCUT2D eigenvalue weighted by Gasteiger charge is -2.22. The van der Waals surface area contributed by atoms with Crippen LogP contribution < -0.4 is 0 Å². The average Bonchev–Trinajstić information content (AvgIpc) is 2.19. The topological polar surface area (TPSA) is 43.4 Å². The standard InChI is InChI=1S/C11H12O3/c12-9-4-1-5-10(13)11(9)8-3-2-6-14-7-8/h2-3,6,11H,1,4-5,7H2. The monoisotopic (exact) mass is 192 g/mol. The highest BCUT2D eigenvalue weighted by molar-refractivity contribution is 6.07. The van der Waals surface area contributed by atoms with Crippen molar-refractivity contribution >= 4 is 11.6 Å². The lowest BCUT2D eigenvalue weighted by atomic mass is 9.81. The maximum atomic E-state index is 11.6. The summed E-state index contributed by atoms with van der Waals surface area (Å²) >= 11 is 0. The van der Waals surface area contributed by atoms with Gasteiger partial charge < -0.3 is 4.74 Å². The largest absolute Gasteiger partial charge is 0.497 e. The van der Waals surface area contributed by atoms with E-state index in [-0.39, 0.29) is 11.6 Å². The second-order valence-electron chi connectivity index (χ2n) is 3.60. The Hall–Kier alpha value is -1.38. The summed E-state index contributed by atoms with van der Waals surface area (Å²) in [5, 5.41) is 0. The molecule has 0 atom stereocenters. The highest BCUT2D eigenvalue weighted by Gasteiger charge is 2.33. The van der Waals surface area contributed by atoms with E-state index < -0.39 is 5.92 Å². The zero-order chi connectivity index (χ0) is 9.97. The van der Waals surface area contributed by atoms with E-state index in [0.717, 1.165) is 5.57 Å². The van der Waals surface area contributed by atoms with Crippen LogP contribution in [0.3, 0.4) is 0 Å². The Morgan fingerprint density at radius 2 is 1.93 bits per heavy atom. The minimum atomic E-state index is -0.520. The smallest absolute Gasteiger partial charge is 0.147 e. The quantitative estimate of drug-likeness (QED) is 0.590. The van der Waals surface area contributed by atoms with Crippen LogP contribution in [0.15, 0.2) is 24.0 Å². The molecule has 0 aromatic heterocycles. The van der Waals surface area contributed by atoms with Gasteiger partial charge in [0.2, 0.25) is 0 Å². The minimum absolute atomic E-state index is 0.0476. The number of ketones is 2. The van der Waals surface area contributed by atoms with Crippen LogP contribution in [-0.4, -0.2) is 18.2 Å². The second-order valence-corrected chi connectivity index (χ2v) is 3.60. The lowest BCUT2D eigenvalue weighted by Crippen LogP contribution is -2.31. The molecule has 0 amide bonds. The molecule has 0 radical (unpaired) electrons. The van der Waals surface area contributed by atoms with Crippen molar-refractivity contribution in [2.45, 2.75) is 19.3 Å². The molecule has 0 N–H and O–H groups in total. The van der Waals surface area contributed by atoms with Gasteiger partial charge >= 0.3 is 0 Å². The Bertz CT molecular complexity index is 309. The molecule has 1 heterocycles. The Kier molecular flexibility index (Phi) is 2.48. The summed E-state index contributed by atoms with van der Waals surface area (Å²) in [4.78, 5) is 23.1. The SMILES string of the molecule is O=C1CCCC(=O)C1C1=CC=COC1. The van der Waals surface area contributed by atoms with E-state index in [4.69, 9.17) is 4.74 Å². The van der Waals surface area contributed by atoms with Crippen molar-refractivity contribution in [2.75, 3.05) is 6.61 Å². The highest BCUT2D eigenvalue weighted by atomic mass is 16.5. The van der Waals surface area contributed by atoms with E-state index in [2.05, 4.69) is 0 Å². The van der Waals surface area contributed by atoms with E-state index in [1.54, 1.807) is 12.3 Å². The van der Waals surface area contributed by atoms with Crippen LogP contribution in [0.25, 0.3) is 0 Å². The van der Waals surface area contributed by atoms with Gasteiger partial charge in [0.1, 0.15) is 24.1 Å². The van der Waals surface area contributed by atoms with Crippen LogP contribution >= 0.6 is 0 Å². The van der Waals surface area contributed by atoms with Gasteiger partial charge in [-0.25, -0.2) is 0 Å². The molecule has 0 spiro atoms. The van der Waals surface area contributed by atoms with Crippen molar-refractivity contribution in [3.63, 3.8) is 0 Å². The number of carbonyl (C=O) groups is 2. The molecule has 74 valence electrons. The molecule has 0 aromatic carbocycles. The van der Waals surface area contributed by atoms with Gasteiger partial charge in [0.25, 0.3) is 0 Å². The summed E-state index contributed by atoms with van der Waals surface area (Å²) in [5.74, 6) is -0.425. The Morgan fingerprint density at radius 1 is 1.21 bits per heavy atom. The number of allylic oxidation sites excluding steroid dienone is 2. The fourth-order valence-electron chi connectivity index (χ4n) is 1.91. The van der Waals surface area contributed by atoms with Crippen LogP contribution in [0, 0.1) is 5.92 Å². The maximum Gasteiger partial charge on any atom is 0.147 e. The number of hydrogen-bond acceptors (Lipinski definition) is 3. The molecule has 14 heavy (non-hydrogen) atoms. The van der Waals surface area contributed by atoms with Crippen molar-refractivity contribution < 1.29 is 14.3 Å². The van der Waals surface area contributed by atoms with Crippen LogP contribution in [0.2, 0.25) is 0 Å². The maximum absolute atomic E-state index is 11.6. The molecule has 3 nitrogen and oxygen atoms in total. The summed E-state index contributed by atoms with van der Waals surface area (Å²) in [6.07, 6.45) is 6.87. The first kappa shape index (κ1) is 9.19. The van der Waals surface area contributed by atoms with Gasteiger partial charge in [-0.2, -0.15) is 0 Å². The minimum Gasteiger partial charge on any atom is -0.497 e. The van der Waals surface area contributed by atoms with Crippen molar-refractivity contribution in [3.8, 4) is 0 Å². The number of rotatable bonds is 1. The first-order valence-corrected chi connectivity index (χ1v) is 4.81. The van der Waals surface area contributed by atoms with Gasteiger partial charge in [0.15, 0.2) is 0 Å². The number of carbonyl (C=O) groups excluding carboxylic acids is 2. The molecule has 3 heteroatoms. The molecule has 1 fully saturated rings. The van der Waals surface area contributed by atoms with Gasteiger partial charge in [-0.1, -0.05) is 6.08 Å². The first-order chi connectivity index (χ1) is 6.79. The zero-order valence-corrected chi connectivity index (χ0v) is 7.86. The molecule has 1 aliphatic carbocycles. The summed E-state index contributed by atoms with van der Waals surface area (Å²) in [6.45, 7) is 0.374. The van der Waals surface area contributed by atoms with Crippen LogP contribution in [0.1, 0.15) is 19.3 Å². The van der Waals surface area contributed by atoms with Gasteiger partial charge in [0, 0.05) is 12.8 Å². The molecule has 0 bridgehead atoms. The molecule has 2 aliphatic rings. The van der Waals surface area contributed by atoms with Gasteiger partial charge in [-0.3, -0.25) is 9.59 Å². The molecule has 0 unspecified atom stereocenters. The molecular weight excluding hydrogens is 180 g/mol. The summed E-state index contributed by atoms with van der Waals surface area (Å²) in [7, 11) is 0. The third-order valence-corrected chi connectivity index (χ3v) is 2.60. The van der Waals surface area contributed by atoms with E-state index in [1.165, 1.54) is 0 Å². The summed E-state index contributed by atoms with van der Waals surface area (Å²) < 4.78 is 5.08. The second kappa shape index (κ2) is 3.78. The summed E-state index contributed by atoms with van der Waals surface area (Å²) in [5.41, 5.74) is 0.808.